The maximum Gasteiger partial charge on any atom is 0.125 e. The van der Waals surface area contributed by atoms with Crippen molar-refractivity contribution in [3.05, 3.63) is 65.2 Å². The average molecular weight is 282 g/mol. The number of benzene rings is 2. The number of aliphatic hydroxyl groups is 1. The lowest BCUT2D eigenvalue weighted by Crippen LogP contribution is -2.17. The first-order valence-corrected chi connectivity index (χ1v) is 7.73. The molecule has 2 atom stereocenters. The molecule has 0 fully saturated rings. The van der Waals surface area contributed by atoms with Crippen LogP contribution in [0.2, 0.25) is 0 Å². The van der Waals surface area contributed by atoms with Crippen LogP contribution in [0.4, 0.5) is 0 Å². The normalized spacial score (nSPS) is 18.9. The van der Waals surface area contributed by atoms with Crippen LogP contribution < -0.4 is 4.74 Å². The molecule has 1 unspecified atom stereocenters. The van der Waals surface area contributed by atoms with Gasteiger partial charge in [0.1, 0.15) is 5.75 Å². The van der Waals surface area contributed by atoms with Crippen LogP contribution in [0.25, 0.3) is 0 Å². The van der Waals surface area contributed by atoms with Crippen LogP contribution in [-0.4, -0.2) is 11.7 Å². The van der Waals surface area contributed by atoms with E-state index >= 15 is 0 Å². The van der Waals surface area contributed by atoms with Gasteiger partial charge in [0.2, 0.25) is 0 Å². The molecular weight excluding hydrogens is 260 g/mol. The molecule has 0 spiro atoms. The zero-order valence-electron chi connectivity index (χ0n) is 12.5. The molecule has 2 aromatic carbocycles. The first-order chi connectivity index (χ1) is 10.3. The third kappa shape index (κ3) is 3.11. The Morgan fingerprint density at radius 2 is 1.90 bits per heavy atom. The highest BCUT2D eigenvalue weighted by Crippen LogP contribution is 2.33. The molecule has 110 valence electrons. The number of aliphatic hydroxyl groups excluding tert-OH is 1. The molecule has 1 N–H and O–H groups in total. The van der Waals surface area contributed by atoms with Crippen molar-refractivity contribution in [3.63, 3.8) is 0 Å². The molecule has 0 bridgehead atoms. The fraction of sp³-hybridized carbons (Fsp3) is 0.368. The minimum Gasteiger partial charge on any atom is -0.493 e. The minimum absolute atomic E-state index is 0.456. The van der Waals surface area contributed by atoms with Gasteiger partial charge < -0.3 is 9.84 Å². The summed E-state index contributed by atoms with van der Waals surface area (Å²) in [5.74, 6) is 1.26. The molecule has 1 aliphatic carbocycles. The predicted molar refractivity (Wildman–Crippen MR) is 84.7 cm³/mol. The van der Waals surface area contributed by atoms with Crippen molar-refractivity contribution in [2.75, 3.05) is 6.61 Å². The highest BCUT2D eigenvalue weighted by Gasteiger charge is 2.20. The van der Waals surface area contributed by atoms with E-state index in [1.165, 1.54) is 30.4 Å². The van der Waals surface area contributed by atoms with Crippen molar-refractivity contribution in [1.82, 2.24) is 0 Å². The quantitative estimate of drug-likeness (QED) is 0.909. The van der Waals surface area contributed by atoms with Crippen LogP contribution in [0.5, 0.6) is 5.75 Å². The molecule has 1 aliphatic rings. The molecule has 3 rings (SSSR count). The smallest absolute Gasteiger partial charge is 0.125 e. The van der Waals surface area contributed by atoms with E-state index in [4.69, 9.17) is 4.74 Å². The molecule has 2 aromatic rings. The zero-order valence-corrected chi connectivity index (χ0v) is 12.5. The molecule has 0 saturated carbocycles. The van der Waals surface area contributed by atoms with Crippen molar-refractivity contribution < 1.29 is 9.84 Å². The molecule has 0 aromatic heterocycles. The fourth-order valence-electron chi connectivity index (χ4n) is 3.18. The Morgan fingerprint density at radius 3 is 2.76 bits per heavy atom. The Morgan fingerprint density at radius 1 is 1.14 bits per heavy atom. The Kier molecular flexibility index (Phi) is 4.26. The molecule has 0 amide bonds. The van der Waals surface area contributed by atoms with Crippen LogP contribution >= 0.6 is 0 Å². The van der Waals surface area contributed by atoms with Gasteiger partial charge in [-0.1, -0.05) is 42.5 Å². The van der Waals surface area contributed by atoms with Gasteiger partial charge in [0, 0.05) is 11.5 Å². The number of para-hydroxylation sites is 1. The lowest BCUT2D eigenvalue weighted by atomic mass is 9.83. The second kappa shape index (κ2) is 6.31. The van der Waals surface area contributed by atoms with Gasteiger partial charge in [-0.2, -0.15) is 0 Å². The molecule has 0 aliphatic heterocycles. The van der Waals surface area contributed by atoms with Crippen LogP contribution in [-0.2, 0) is 6.42 Å². The third-order valence-corrected chi connectivity index (χ3v) is 4.30. The van der Waals surface area contributed by atoms with E-state index in [0.29, 0.717) is 12.5 Å². The summed E-state index contributed by atoms with van der Waals surface area (Å²) in [6.45, 7) is 2.46. The van der Waals surface area contributed by atoms with E-state index < -0.39 is 6.10 Å². The molecule has 0 saturated heterocycles. The summed E-state index contributed by atoms with van der Waals surface area (Å²) >= 11 is 0. The number of hydrogen-bond acceptors (Lipinski definition) is 2. The van der Waals surface area contributed by atoms with Gasteiger partial charge in [0.25, 0.3) is 0 Å². The zero-order chi connectivity index (χ0) is 14.7. The Hall–Kier alpha value is -1.80. The number of hydrogen-bond donors (Lipinski definition) is 1. The van der Waals surface area contributed by atoms with Gasteiger partial charge >= 0.3 is 0 Å². The second-order valence-electron chi connectivity index (χ2n) is 5.81. The Labute approximate surface area is 126 Å². The standard InChI is InChI=1S/C19H22O2/c1-14(20)17-10-4-5-12-19(17)21-13-16-9-6-8-15-7-2-3-11-18(15)16/h2-5,7,10-12,14,16,20H,6,8-9,13H2,1H3/t14-,16?/m1/s1. The summed E-state index contributed by atoms with van der Waals surface area (Å²) < 4.78 is 6.03. The number of aryl methyl sites for hydroxylation is 1. The van der Waals surface area contributed by atoms with Crippen LogP contribution in [0, 0.1) is 0 Å². The predicted octanol–water partition coefficient (Wildman–Crippen LogP) is 4.24. The van der Waals surface area contributed by atoms with E-state index in [1.54, 1.807) is 6.92 Å². The molecule has 0 radical (unpaired) electrons. The maximum absolute atomic E-state index is 9.82. The van der Waals surface area contributed by atoms with E-state index in [9.17, 15) is 5.11 Å². The lowest BCUT2D eigenvalue weighted by Gasteiger charge is -2.26. The van der Waals surface area contributed by atoms with Gasteiger partial charge in [-0.25, -0.2) is 0 Å². The number of fused-ring (bicyclic) bond motifs is 1. The Bertz CT molecular complexity index is 604. The second-order valence-corrected chi connectivity index (χ2v) is 5.81. The van der Waals surface area contributed by atoms with Gasteiger partial charge in [-0.3, -0.25) is 0 Å². The molecular formula is C19H22O2. The minimum atomic E-state index is -0.500. The Balaban J connectivity index is 1.75. The van der Waals surface area contributed by atoms with Crippen molar-refractivity contribution in [1.29, 1.82) is 0 Å². The molecule has 2 nitrogen and oxygen atoms in total. The van der Waals surface area contributed by atoms with Crippen molar-refractivity contribution in [3.8, 4) is 5.75 Å². The third-order valence-electron chi connectivity index (χ3n) is 4.30. The number of rotatable bonds is 4. The summed E-state index contributed by atoms with van der Waals surface area (Å²) in [6.07, 6.45) is 3.08. The van der Waals surface area contributed by atoms with Gasteiger partial charge in [-0.05, 0) is 43.4 Å². The highest BCUT2D eigenvalue weighted by atomic mass is 16.5. The summed E-state index contributed by atoms with van der Waals surface area (Å²) in [5, 5.41) is 9.82. The highest BCUT2D eigenvalue weighted by molar-refractivity contribution is 5.36. The summed E-state index contributed by atoms with van der Waals surface area (Å²) in [4.78, 5) is 0. The first kappa shape index (κ1) is 14.2. The van der Waals surface area contributed by atoms with Gasteiger partial charge in [-0.15, -0.1) is 0 Å². The topological polar surface area (TPSA) is 29.5 Å². The summed E-state index contributed by atoms with van der Waals surface area (Å²) in [7, 11) is 0. The fourth-order valence-corrected chi connectivity index (χ4v) is 3.18. The maximum atomic E-state index is 9.82. The lowest BCUT2D eigenvalue weighted by molar-refractivity contribution is 0.189. The monoisotopic (exact) mass is 282 g/mol. The molecule has 21 heavy (non-hydrogen) atoms. The molecule has 2 heteroatoms. The summed E-state index contributed by atoms with van der Waals surface area (Å²) in [6, 6.07) is 16.4. The van der Waals surface area contributed by atoms with Crippen LogP contribution in [0.1, 0.15) is 48.5 Å². The van der Waals surface area contributed by atoms with E-state index in [1.807, 2.05) is 24.3 Å². The first-order valence-electron chi connectivity index (χ1n) is 7.73. The van der Waals surface area contributed by atoms with E-state index in [0.717, 1.165) is 11.3 Å². The largest absolute Gasteiger partial charge is 0.493 e. The van der Waals surface area contributed by atoms with Gasteiger partial charge in [0.05, 0.1) is 12.7 Å². The average Bonchev–Trinajstić information content (AvgIpc) is 2.53. The van der Waals surface area contributed by atoms with Crippen molar-refractivity contribution in [2.24, 2.45) is 0 Å². The van der Waals surface area contributed by atoms with Gasteiger partial charge in [0.15, 0.2) is 0 Å². The summed E-state index contributed by atoms with van der Waals surface area (Å²) in [5.41, 5.74) is 3.75. The van der Waals surface area contributed by atoms with E-state index in [2.05, 4.69) is 24.3 Å². The van der Waals surface area contributed by atoms with Crippen LogP contribution in [0.15, 0.2) is 48.5 Å². The molecule has 0 heterocycles. The van der Waals surface area contributed by atoms with Crippen molar-refractivity contribution in [2.45, 2.75) is 38.2 Å². The van der Waals surface area contributed by atoms with Crippen LogP contribution in [0.3, 0.4) is 0 Å². The van der Waals surface area contributed by atoms with Crippen molar-refractivity contribution >= 4 is 0 Å². The number of ether oxygens (including phenoxy) is 1. The van der Waals surface area contributed by atoms with E-state index in [-0.39, 0.29) is 0 Å². The SMILES string of the molecule is C[C@@H](O)c1ccccc1OCC1CCCc2ccccc21.